The first-order valence-corrected chi connectivity index (χ1v) is 9.62. The highest BCUT2D eigenvalue weighted by atomic mass is 19.1. The standard InChI is InChI=1S/C23H27FN4O/c1-6-15(2)20-14-26-22-18(20)12-17(13-25-22)16-7-8-21(24)19(11-16)23(29)28(5)10-9-27(3)4/h6-8,11-14H,9-10H2,1-5H3,(H,25,26)/b15-6+. The number of benzene rings is 1. The monoisotopic (exact) mass is 394 g/mol. The third-order valence-electron chi connectivity index (χ3n) is 5.15. The summed E-state index contributed by atoms with van der Waals surface area (Å²) < 4.78 is 14.4. The number of allylic oxidation sites excluding steroid dienone is 2. The van der Waals surface area contributed by atoms with Crippen molar-refractivity contribution in [3.8, 4) is 11.1 Å². The lowest BCUT2D eigenvalue weighted by molar-refractivity contribution is 0.0781. The number of amides is 1. The normalized spacial score (nSPS) is 12.0. The SMILES string of the molecule is C/C=C(\C)c1c[nH]c2ncc(-c3ccc(F)c(C(=O)N(C)CCN(C)C)c3)cc12. The van der Waals surface area contributed by atoms with Crippen LogP contribution in [0, 0.1) is 5.82 Å². The van der Waals surface area contributed by atoms with Crippen LogP contribution < -0.4 is 0 Å². The van der Waals surface area contributed by atoms with Crippen molar-refractivity contribution in [2.24, 2.45) is 0 Å². The predicted octanol–water partition coefficient (Wildman–Crippen LogP) is 4.43. The zero-order valence-electron chi connectivity index (χ0n) is 17.6. The number of aromatic nitrogens is 2. The van der Waals surface area contributed by atoms with Gasteiger partial charge in [-0.15, -0.1) is 0 Å². The van der Waals surface area contributed by atoms with Gasteiger partial charge in [-0.2, -0.15) is 0 Å². The molecule has 3 aromatic rings. The van der Waals surface area contributed by atoms with E-state index in [9.17, 15) is 9.18 Å². The van der Waals surface area contributed by atoms with Gasteiger partial charge in [-0.3, -0.25) is 4.79 Å². The molecule has 0 radical (unpaired) electrons. The minimum atomic E-state index is -0.517. The molecule has 0 aliphatic heterocycles. The first-order valence-electron chi connectivity index (χ1n) is 9.62. The van der Waals surface area contributed by atoms with Crippen LogP contribution in [0.25, 0.3) is 27.7 Å². The maximum absolute atomic E-state index is 14.4. The van der Waals surface area contributed by atoms with Crippen LogP contribution in [0.1, 0.15) is 29.8 Å². The number of rotatable bonds is 6. The number of hydrogen-bond donors (Lipinski definition) is 1. The number of carbonyl (C=O) groups excluding carboxylic acids is 1. The Morgan fingerprint density at radius 3 is 2.59 bits per heavy atom. The van der Waals surface area contributed by atoms with E-state index in [0.717, 1.165) is 33.3 Å². The second-order valence-corrected chi connectivity index (χ2v) is 7.52. The molecule has 0 atom stereocenters. The first kappa shape index (κ1) is 20.7. The summed E-state index contributed by atoms with van der Waals surface area (Å²) in [5.74, 6) is -0.844. The van der Waals surface area contributed by atoms with Gasteiger partial charge in [0.2, 0.25) is 0 Å². The van der Waals surface area contributed by atoms with Gasteiger partial charge in [0.1, 0.15) is 11.5 Å². The van der Waals surface area contributed by atoms with E-state index in [1.54, 1.807) is 30.3 Å². The molecule has 29 heavy (non-hydrogen) atoms. The zero-order chi connectivity index (χ0) is 21.1. The van der Waals surface area contributed by atoms with Crippen LogP contribution in [0.4, 0.5) is 4.39 Å². The average Bonchev–Trinajstić information content (AvgIpc) is 3.14. The van der Waals surface area contributed by atoms with Crippen molar-refractivity contribution in [2.45, 2.75) is 13.8 Å². The Morgan fingerprint density at radius 1 is 1.14 bits per heavy atom. The fourth-order valence-corrected chi connectivity index (χ4v) is 3.17. The summed E-state index contributed by atoms with van der Waals surface area (Å²) in [6, 6.07) is 6.67. The molecule has 1 amide bonds. The molecule has 2 heterocycles. The molecule has 0 aliphatic rings. The van der Waals surface area contributed by atoms with Crippen LogP contribution >= 0.6 is 0 Å². The molecule has 0 aliphatic carbocycles. The van der Waals surface area contributed by atoms with E-state index in [-0.39, 0.29) is 11.5 Å². The Morgan fingerprint density at radius 2 is 1.90 bits per heavy atom. The van der Waals surface area contributed by atoms with Gasteiger partial charge < -0.3 is 14.8 Å². The summed E-state index contributed by atoms with van der Waals surface area (Å²) in [5, 5.41) is 0.999. The second-order valence-electron chi connectivity index (χ2n) is 7.52. The summed E-state index contributed by atoms with van der Waals surface area (Å²) in [5.41, 5.74) is 4.70. The molecule has 2 aromatic heterocycles. The van der Waals surface area contributed by atoms with Crippen molar-refractivity contribution in [3.63, 3.8) is 0 Å². The number of fused-ring (bicyclic) bond motifs is 1. The van der Waals surface area contributed by atoms with Crippen molar-refractivity contribution in [2.75, 3.05) is 34.2 Å². The molecule has 0 bridgehead atoms. The molecule has 3 rings (SSSR count). The number of hydrogen-bond acceptors (Lipinski definition) is 3. The number of aromatic amines is 1. The topological polar surface area (TPSA) is 52.2 Å². The lowest BCUT2D eigenvalue weighted by Gasteiger charge is -2.20. The summed E-state index contributed by atoms with van der Waals surface area (Å²) >= 11 is 0. The number of carbonyl (C=O) groups is 1. The minimum Gasteiger partial charge on any atom is -0.346 e. The van der Waals surface area contributed by atoms with Gasteiger partial charge in [0.15, 0.2) is 0 Å². The Kier molecular flexibility index (Phi) is 6.13. The van der Waals surface area contributed by atoms with Gasteiger partial charge >= 0.3 is 0 Å². The zero-order valence-corrected chi connectivity index (χ0v) is 17.6. The highest BCUT2D eigenvalue weighted by Gasteiger charge is 2.18. The largest absolute Gasteiger partial charge is 0.346 e. The number of nitrogens with zero attached hydrogens (tertiary/aromatic N) is 3. The van der Waals surface area contributed by atoms with E-state index in [1.807, 2.05) is 51.2 Å². The van der Waals surface area contributed by atoms with Gasteiger partial charge in [-0.25, -0.2) is 9.37 Å². The van der Waals surface area contributed by atoms with E-state index in [4.69, 9.17) is 0 Å². The Bertz CT molecular complexity index is 1070. The van der Waals surface area contributed by atoms with Gasteiger partial charge in [-0.05, 0) is 57.3 Å². The highest BCUT2D eigenvalue weighted by Crippen LogP contribution is 2.29. The van der Waals surface area contributed by atoms with Crippen LogP contribution in [0.5, 0.6) is 0 Å². The molecule has 1 N–H and O–H groups in total. The molecule has 0 fully saturated rings. The van der Waals surface area contributed by atoms with Crippen molar-refractivity contribution in [1.82, 2.24) is 19.8 Å². The highest BCUT2D eigenvalue weighted by molar-refractivity contribution is 5.96. The van der Waals surface area contributed by atoms with Crippen LogP contribution in [-0.4, -0.2) is 59.9 Å². The van der Waals surface area contributed by atoms with E-state index in [2.05, 4.69) is 9.97 Å². The van der Waals surface area contributed by atoms with Crippen molar-refractivity contribution >= 4 is 22.5 Å². The summed E-state index contributed by atoms with van der Waals surface area (Å²) in [6.07, 6.45) is 5.73. The fourth-order valence-electron chi connectivity index (χ4n) is 3.17. The molecule has 0 saturated heterocycles. The molecular formula is C23H27FN4O. The summed E-state index contributed by atoms with van der Waals surface area (Å²) in [7, 11) is 5.57. The van der Waals surface area contributed by atoms with Crippen molar-refractivity contribution in [3.05, 3.63) is 59.7 Å². The molecule has 5 nitrogen and oxygen atoms in total. The number of pyridine rings is 1. The third kappa shape index (κ3) is 4.38. The van der Waals surface area contributed by atoms with Crippen LogP contribution in [0.2, 0.25) is 0 Å². The first-order chi connectivity index (χ1) is 13.8. The molecular weight excluding hydrogens is 367 g/mol. The van der Waals surface area contributed by atoms with Crippen molar-refractivity contribution in [1.29, 1.82) is 0 Å². The molecule has 0 saturated carbocycles. The quantitative estimate of drug-likeness (QED) is 0.673. The lowest BCUT2D eigenvalue weighted by atomic mass is 10.0. The van der Waals surface area contributed by atoms with Crippen LogP contribution in [0.3, 0.4) is 0 Å². The van der Waals surface area contributed by atoms with Gasteiger partial charge in [0.05, 0.1) is 5.56 Å². The smallest absolute Gasteiger partial charge is 0.256 e. The minimum absolute atomic E-state index is 0.0720. The van der Waals surface area contributed by atoms with Crippen molar-refractivity contribution < 1.29 is 9.18 Å². The average molecular weight is 394 g/mol. The summed E-state index contributed by atoms with van der Waals surface area (Å²) in [6.45, 7) is 5.28. The Labute approximate surface area is 170 Å². The number of nitrogens with one attached hydrogen (secondary N) is 1. The summed E-state index contributed by atoms with van der Waals surface area (Å²) in [4.78, 5) is 24.0. The lowest BCUT2D eigenvalue weighted by Crippen LogP contribution is -2.33. The molecule has 0 spiro atoms. The molecule has 1 aromatic carbocycles. The number of H-pyrrole nitrogens is 1. The Balaban J connectivity index is 1.98. The van der Waals surface area contributed by atoms with E-state index < -0.39 is 5.82 Å². The third-order valence-corrected chi connectivity index (χ3v) is 5.15. The van der Waals surface area contributed by atoms with Gasteiger partial charge in [0, 0.05) is 49.0 Å². The second kappa shape index (κ2) is 8.57. The van der Waals surface area contributed by atoms with Crippen LogP contribution in [0.15, 0.2) is 42.7 Å². The maximum Gasteiger partial charge on any atom is 0.256 e. The number of halogens is 1. The Hall–Kier alpha value is -2.99. The molecule has 6 heteroatoms. The van der Waals surface area contributed by atoms with E-state index >= 15 is 0 Å². The number of likely N-dealkylation sites (N-methyl/N-ethyl adjacent to an activating group) is 2. The van der Waals surface area contributed by atoms with Gasteiger partial charge in [-0.1, -0.05) is 12.1 Å². The maximum atomic E-state index is 14.4. The van der Waals surface area contributed by atoms with Gasteiger partial charge in [0.25, 0.3) is 5.91 Å². The molecule has 0 unspecified atom stereocenters. The van der Waals surface area contributed by atoms with E-state index in [0.29, 0.717) is 13.1 Å². The predicted molar refractivity (Wildman–Crippen MR) is 116 cm³/mol. The van der Waals surface area contributed by atoms with E-state index in [1.165, 1.54) is 6.07 Å². The molecule has 152 valence electrons. The van der Waals surface area contributed by atoms with Crippen LogP contribution in [-0.2, 0) is 0 Å². The fraction of sp³-hybridized carbons (Fsp3) is 0.304.